The average Bonchev–Trinajstić information content (AvgIpc) is 3.08. The fourth-order valence-electron chi connectivity index (χ4n) is 2.52. The maximum Gasteiger partial charge on any atom is 0.240 e. The van der Waals surface area contributed by atoms with E-state index in [1.54, 1.807) is 30.3 Å². The van der Waals surface area contributed by atoms with Crippen LogP contribution in [0.2, 0.25) is 10.0 Å². The summed E-state index contributed by atoms with van der Waals surface area (Å²) in [7, 11) is 0. The summed E-state index contributed by atoms with van der Waals surface area (Å²) in [5.41, 5.74) is 1.25. The van der Waals surface area contributed by atoms with Crippen molar-refractivity contribution in [1.82, 2.24) is 5.32 Å². The minimum Gasteiger partial charge on any atom is -0.454 e. The molecule has 8 heteroatoms. The number of fused-ring (bicyclic) bond motifs is 1. The van der Waals surface area contributed by atoms with E-state index in [9.17, 15) is 9.59 Å². The summed E-state index contributed by atoms with van der Waals surface area (Å²) in [6.07, 6.45) is 0. The van der Waals surface area contributed by atoms with Gasteiger partial charge >= 0.3 is 0 Å². The summed E-state index contributed by atoms with van der Waals surface area (Å²) in [6.45, 7) is 1.69. The molecule has 0 bridgehead atoms. The van der Waals surface area contributed by atoms with Gasteiger partial charge in [-0.3, -0.25) is 9.59 Å². The molecule has 0 fully saturated rings. The summed E-state index contributed by atoms with van der Waals surface area (Å²) in [5.74, 6) is 0.688. The predicted octanol–water partition coefficient (Wildman–Crippen LogP) is 3.39. The third kappa shape index (κ3) is 4.03. The zero-order valence-corrected chi connectivity index (χ0v) is 15.4. The lowest BCUT2D eigenvalue weighted by atomic mass is 10.2. The Hall–Kier alpha value is -2.44. The van der Waals surface area contributed by atoms with E-state index in [1.807, 2.05) is 6.07 Å². The SMILES string of the molecule is CC(=O)N(CC(=O)NCc1ccc2c(c1)OCO2)c1cccc(Cl)c1Cl. The van der Waals surface area contributed by atoms with Crippen LogP contribution in [0.5, 0.6) is 11.5 Å². The molecule has 136 valence electrons. The number of amides is 2. The first kappa shape index (κ1) is 18.4. The van der Waals surface area contributed by atoms with E-state index in [0.717, 1.165) is 5.56 Å². The number of halogens is 2. The Kier molecular flexibility index (Phi) is 5.54. The summed E-state index contributed by atoms with van der Waals surface area (Å²) in [4.78, 5) is 25.5. The molecule has 26 heavy (non-hydrogen) atoms. The standard InChI is InChI=1S/C18H16Cl2N2O4/c1-11(23)22(14-4-2-3-13(19)18(14)20)9-17(24)21-8-12-5-6-15-16(7-12)26-10-25-15/h2-7H,8-10H2,1H3,(H,21,24). The van der Waals surface area contributed by atoms with Crippen LogP contribution in [0.15, 0.2) is 36.4 Å². The average molecular weight is 395 g/mol. The minimum atomic E-state index is -0.325. The summed E-state index contributed by atoms with van der Waals surface area (Å²) in [6, 6.07) is 10.4. The Labute approximate surface area is 160 Å². The van der Waals surface area contributed by atoms with Crippen LogP contribution < -0.4 is 19.7 Å². The number of anilines is 1. The van der Waals surface area contributed by atoms with Gasteiger partial charge in [-0.05, 0) is 29.8 Å². The lowest BCUT2D eigenvalue weighted by Gasteiger charge is -2.22. The number of benzene rings is 2. The van der Waals surface area contributed by atoms with Crippen molar-refractivity contribution in [3.63, 3.8) is 0 Å². The van der Waals surface area contributed by atoms with Gasteiger partial charge in [-0.25, -0.2) is 0 Å². The number of rotatable bonds is 5. The van der Waals surface area contributed by atoms with E-state index in [-0.39, 0.29) is 30.2 Å². The molecule has 1 aliphatic heterocycles. The summed E-state index contributed by atoms with van der Waals surface area (Å²) >= 11 is 12.2. The van der Waals surface area contributed by atoms with Crippen LogP contribution in [0.25, 0.3) is 0 Å². The van der Waals surface area contributed by atoms with Gasteiger partial charge in [-0.1, -0.05) is 35.3 Å². The van der Waals surface area contributed by atoms with Gasteiger partial charge in [-0.2, -0.15) is 0 Å². The predicted molar refractivity (Wildman–Crippen MR) is 98.9 cm³/mol. The lowest BCUT2D eigenvalue weighted by molar-refractivity contribution is -0.123. The molecule has 1 heterocycles. The van der Waals surface area contributed by atoms with Gasteiger partial charge in [-0.15, -0.1) is 0 Å². The highest BCUT2D eigenvalue weighted by atomic mass is 35.5. The lowest BCUT2D eigenvalue weighted by Crippen LogP contribution is -2.39. The zero-order valence-electron chi connectivity index (χ0n) is 13.9. The van der Waals surface area contributed by atoms with Crippen molar-refractivity contribution in [1.29, 1.82) is 0 Å². The van der Waals surface area contributed by atoms with Crippen molar-refractivity contribution < 1.29 is 19.1 Å². The first-order valence-electron chi connectivity index (χ1n) is 7.83. The maximum atomic E-state index is 12.3. The molecule has 0 aliphatic carbocycles. The summed E-state index contributed by atoms with van der Waals surface area (Å²) < 4.78 is 10.6. The minimum absolute atomic E-state index is 0.167. The van der Waals surface area contributed by atoms with Crippen molar-refractivity contribution in [2.24, 2.45) is 0 Å². The molecule has 1 aliphatic rings. The number of carbonyl (C=O) groups is 2. The highest BCUT2D eigenvalue weighted by Gasteiger charge is 2.20. The first-order valence-corrected chi connectivity index (χ1v) is 8.58. The molecule has 0 unspecified atom stereocenters. The van der Waals surface area contributed by atoms with Crippen LogP contribution in [0.4, 0.5) is 5.69 Å². The van der Waals surface area contributed by atoms with Crippen molar-refractivity contribution in [2.45, 2.75) is 13.5 Å². The molecule has 2 amide bonds. The number of nitrogens with zero attached hydrogens (tertiary/aromatic N) is 1. The van der Waals surface area contributed by atoms with Gasteiger partial charge in [0.1, 0.15) is 6.54 Å². The van der Waals surface area contributed by atoms with E-state index in [4.69, 9.17) is 32.7 Å². The van der Waals surface area contributed by atoms with E-state index in [0.29, 0.717) is 28.8 Å². The Morgan fingerprint density at radius 3 is 2.69 bits per heavy atom. The fraction of sp³-hybridized carbons (Fsp3) is 0.222. The second-order valence-electron chi connectivity index (χ2n) is 5.64. The number of nitrogens with one attached hydrogen (secondary N) is 1. The zero-order chi connectivity index (χ0) is 18.7. The molecule has 0 aromatic heterocycles. The van der Waals surface area contributed by atoms with Crippen molar-refractivity contribution in [3.05, 3.63) is 52.0 Å². The number of carbonyl (C=O) groups excluding carboxylic acids is 2. The monoisotopic (exact) mass is 394 g/mol. The smallest absolute Gasteiger partial charge is 0.240 e. The molecule has 2 aromatic rings. The van der Waals surface area contributed by atoms with Gasteiger partial charge in [0.15, 0.2) is 11.5 Å². The van der Waals surface area contributed by atoms with Crippen LogP contribution >= 0.6 is 23.2 Å². The van der Waals surface area contributed by atoms with E-state index in [2.05, 4.69) is 5.32 Å². The van der Waals surface area contributed by atoms with Gasteiger partial charge in [0.2, 0.25) is 18.6 Å². The maximum absolute atomic E-state index is 12.3. The van der Waals surface area contributed by atoms with Crippen LogP contribution in [-0.2, 0) is 16.1 Å². The van der Waals surface area contributed by atoms with E-state index < -0.39 is 0 Å². The van der Waals surface area contributed by atoms with Crippen LogP contribution in [0.1, 0.15) is 12.5 Å². The number of ether oxygens (including phenoxy) is 2. The largest absolute Gasteiger partial charge is 0.454 e. The Morgan fingerprint density at radius 1 is 1.15 bits per heavy atom. The second-order valence-corrected chi connectivity index (χ2v) is 6.43. The Bertz CT molecular complexity index is 857. The summed E-state index contributed by atoms with van der Waals surface area (Å²) in [5, 5.41) is 3.32. The molecular formula is C18H16Cl2N2O4. The van der Waals surface area contributed by atoms with Gasteiger partial charge in [0.05, 0.1) is 15.7 Å². The molecule has 0 radical (unpaired) electrons. The second kappa shape index (κ2) is 7.85. The molecular weight excluding hydrogens is 379 g/mol. The highest BCUT2D eigenvalue weighted by Crippen LogP contribution is 2.33. The molecule has 0 spiro atoms. The normalized spacial score (nSPS) is 12.0. The van der Waals surface area contributed by atoms with Crippen LogP contribution in [0, 0.1) is 0 Å². The van der Waals surface area contributed by atoms with Crippen molar-refractivity contribution in [3.8, 4) is 11.5 Å². The quantitative estimate of drug-likeness (QED) is 0.843. The Balaban J connectivity index is 1.65. The Morgan fingerprint density at radius 2 is 1.92 bits per heavy atom. The van der Waals surface area contributed by atoms with Gasteiger partial charge in [0, 0.05) is 13.5 Å². The molecule has 0 saturated heterocycles. The molecule has 3 rings (SSSR count). The molecule has 1 N–H and O–H groups in total. The van der Waals surface area contributed by atoms with Crippen molar-refractivity contribution >= 4 is 40.7 Å². The third-order valence-corrected chi connectivity index (χ3v) is 4.64. The van der Waals surface area contributed by atoms with Crippen LogP contribution in [-0.4, -0.2) is 25.2 Å². The highest BCUT2D eigenvalue weighted by molar-refractivity contribution is 6.44. The van der Waals surface area contributed by atoms with Crippen molar-refractivity contribution in [2.75, 3.05) is 18.2 Å². The fourth-order valence-corrected chi connectivity index (χ4v) is 2.92. The molecule has 2 aromatic carbocycles. The van der Waals surface area contributed by atoms with Crippen LogP contribution in [0.3, 0.4) is 0 Å². The topological polar surface area (TPSA) is 67.9 Å². The molecule has 6 nitrogen and oxygen atoms in total. The third-order valence-electron chi connectivity index (χ3n) is 3.83. The van der Waals surface area contributed by atoms with Gasteiger partial charge < -0.3 is 19.7 Å². The number of hydrogen-bond acceptors (Lipinski definition) is 4. The first-order chi connectivity index (χ1) is 12.5. The van der Waals surface area contributed by atoms with Gasteiger partial charge in [0.25, 0.3) is 0 Å². The van der Waals surface area contributed by atoms with E-state index in [1.165, 1.54) is 11.8 Å². The molecule has 0 saturated carbocycles. The number of hydrogen-bond donors (Lipinski definition) is 1. The van der Waals surface area contributed by atoms with E-state index >= 15 is 0 Å². The molecule has 0 atom stereocenters.